The number of carboxylic acids is 3. The molecule has 0 saturated carbocycles. The Bertz CT molecular complexity index is 4150. The SMILES string of the molecule is CC(CCBr)N(C)C(=O)OC(C)(C)C.CC(CCOc1ccc2nc(C#N)ccc2c1)N(C)C(=O)OC(C)(C)C.CC(CCOc1ccc2nc(C3=N[C@@H](C(=O)O)CS3)ccc2c1)N(C)C(=O)OC(C)(C)C.CNC(C)CCOc1ccc2nc(C3=N[C@@H](C(=O)O)CS3)ccc2c1.Cl.N[C@H](CS)C(=O)O.O=CO[O-].O=C[O-].[H-].[H-].[K+].[K+].[K+].[K+]. The number of halogens is 2. The summed E-state index contributed by atoms with van der Waals surface area (Å²) in [5, 5.41) is 60.0. The number of carbonyl (C=O) groups is 8. The van der Waals surface area contributed by atoms with Crippen molar-refractivity contribution in [3.05, 3.63) is 108 Å². The van der Waals surface area contributed by atoms with Crippen LogP contribution in [0.1, 0.15) is 136 Å². The molecule has 31 nitrogen and oxygen atoms in total. The van der Waals surface area contributed by atoms with Crippen molar-refractivity contribution < 1.29 is 306 Å². The van der Waals surface area contributed by atoms with Crippen molar-refractivity contribution in [1.29, 1.82) is 5.26 Å². The molecule has 6 N–H and O–H groups in total. The third kappa shape index (κ3) is 48.0. The first kappa shape index (κ1) is 120. The Labute approximate surface area is 881 Å². The molecule has 0 saturated heterocycles. The van der Waals surface area contributed by atoms with Crippen LogP contribution in [0.2, 0.25) is 0 Å². The Morgan fingerprint density at radius 1 is 0.612 bits per heavy atom. The van der Waals surface area contributed by atoms with Crippen molar-refractivity contribution in [1.82, 2.24) is 35.0 Å². The molecule has 6 aromatic rings. The van der Waals surface area contributed by atoms with Gasteiger partial charge in [-0.1, -0.05) is 28.1 Å². The third-order valence-corrected chi connectivity index (χ3v) is 18.4. The first-order chi connectivity index (χ1) is 52.1. The maximum Gasteiger partial charge on any atom is 1.00 e. The van der Waals surface area contributed by atoms with Gasteiger partial charge in [-0.25, -0.2) is 38.9 Å². The predicted molar refractivity (Wildman–Crippen MR) is 441 cm³/mol. The Morgan fingerprint density at radius 3 is 1.20 bits per heavy atom. The normalized spacial score (nSPS) is 14.1. The van der Waals surface area contributed by atoms with E-state index in [2.05, 4.69) is 70.6 Å². The van der Waals surface area contributed by atoms with Crippen LogP contribution in [0.25, 0.3) is 32.7 Å². The quantitative estimate of drug-likeness (QED) is 0.00739. The number of carboxylic acid groups (broad SMARTS) is 4. The molecule has 0 fully saturated rings. The molecule has 7 atom stereocenters. The summed E-state index contributed by atoms with van der Waals surface area (Å²) in [6.07, 6.45) is 2.26. The van der Waals surface area contributed by atoms with Crippen LogP contribution in [0.15, 0.2) is 101 Å². The van der Waals surface area contributed by atoms with E-state index >= 15 is 0 Å². The fourth-order valence-corrected chi connectivity index (χ4v) is 11.5. The zero-order chi connectivity index (χ0) is 83.9. The molecule has 0 bridgehead atoms. The number of benzene rings is 3. The van der Waals surface area contributed by atoms with Gasteiger partial charge in [-0.05, 0) is 189 Å². The molecule has 3 aromatic carbocycles. The van der Waals surface area contributed by atoms with Crippen molar-refractivity contribution in [2.75, 3.05) is 70.6 Å². The van der Waals surface area contributed by atoms with Gasteiger partial charge in [0.25, 0.3) is 6.47 Å². The van der Waals surface area contributed by atoms with E-state index in [1.54, 1.807) is 41.9 Å². The molecule has 2 aliphatic rings. The number of aliphatic imine (C=N–C) groups is 2. The summed E-state index contributed by atoms with van der Waals surface area (Å²) in [6.45, 7) is 25.6. The van der Waals surface area contributed by atoms with Crippen LogP contribution >= 0.6 is 64.5 Å². The zero-order valence-electron chi connectivity index (χ0n) is 72.1. The fraction of sp³-hybridized carbons (Fsp3) is 0.500. The zero-order valence-corrected chi connectivity index (χ0v) is 87.5. The number of amides is 3. The van der Waals surface area contributed by atoms with E-state index in [1.165, 1.54) is 23.5 Å². The van der Waals surface area contributed by atoms with Gasteiger partial charge < -0.3 is 92.4 Å². The van der Waals surface area contributed by atoms with E-state index in [0.29, 0.717) is 71.7 Å². The molecule has 0 aliphatic carbocycles. The molecular formula is C76H107BrClK4N11O20S3. The Morgan fingerprint density at radius 2 is 0.931 bits per heavy atom. The van der Waals surface area contributed by atoms with Crippen LogP contribution in [0.3, 0.4) is 0 Å². The first-order valence-electron chi connectivity index (χ1n) is 34.9. The molecule has 116 heavy (non-hydrogen) atoms. The standard InChI is InChI=1S/C23H29N3O5S.C20H25N3O3.C18H21N3O3S.C10H20BrNO2.C3H7NO2S.CH2O3.CH2O2.ClH.4K.2H/c1-14(26(5)22(29)31-23(2,3)4)10-11-30-16-7-9-17-15(12-16)6-8-18(24-17)20-25-19(13-32-20)21(27)28;1-14(23(5)19(24)26-20(2,3)4)10-11-25-17-8-9-18-15(12-17)6-7-16(13-21)22-18;1-11(19-2)7-8-24-13-4-6-14-12(9-13)3-5-15(20-14)17-21-16(10-25-17)18(22)23;1-8(6-7-11)12(5)9(13)14-10(2,3)4;4-2(1-7)3(5)6;2-1-4-3;2-1-3;;;;;;;/h6-9,12,14,19H,10-11,13H2,1-5H3,(H,27,28);6-9,12,14H,10-11H2,1-5H3;3-6,9,11,16,19H,7-8,10H2,1-2H3,(H,22,23);8H,6-7H2,1-5H3;2,7H,1,4H2,(H,5,6);1,3H;1H,(H,2,3);1H;;;;;;/q;;;;;;;;4*+1;2*-1/p-2/t14?,19-;;11?,16-;;2-;;;;;;;;;/m1.1.1........./s1. The van der Waals surface area contributed by atoms with Gasteiger partial charge in [-0.3, -0.25) is 19.6 Å². The molecule has 2 aliphatic heterocycles. The van der Waals surface area contributed by atoms with E-state index in [0.717, 1.165) is 73.8 Å². The number of nitriles is 1. The number of fused-ring (bicyclic) bond motifs is 3. The monoisotopic (exact) mass is 1860 g/mol. The number of hydrogen-bond acceptors (Lipinski definition) is 28. The average Bonchev–Trinajstić information content (AvgIpc) is 1.61. The van der Waals surface area contributed by atoms with Crippen LogP contribution in [0.4, 0.5) is 14.4 Å². The fourth-order valence-electron chi connectivity index (χ4n) is 8.71. The number of nitrogens with zero attached hydrogens (tertiary/aromatic N) is 9. The second kappa shape index (κ2) is 62.6. The average molecular weight is 1860 g/mol. The topological polar surface area (TPSA) is 443 Å². The van der Waals surface area contributed by atoms with Crippen LogP contribution in [-0.2, 0) is 43.1 Å². The van der Waals surface area contributed by atoms with Gasteiger partial charge in [-0.2, -0.15) is 17.9 Å². The molecule has 622 valence electrons. The number of pyridine rings is 3. The Hall–Kier alpha value is -2.47. The Balaban J connectivity index is -0.000000337. The Kier molecular flexibility index (Phi) is 64.7. The molecule has 8 rings (SSSR count). The number of nitrogens with one attached hydrogen (secondary N) is 1. The van der Waals surface area contributed by atoms with Crippen molar-refractivity contribution in [2.45, 2.75) is 175 Å². The van der Waals surface area contributed by atoms with Crippen molar-refractivity contribution in [2.24, 2.45) is 15.7 Å². The van der Waals surface area contributed by atoms with Gasteiger partial charge in [0.2, 0.25) is 0 Å². The summed E-state index contributed by atoms with van der Waals surface area (Å²) >= 11 is 9.84. The summed E-state index contributed by atoms with van der Waals surface area (Å²) in [5.74, 6) is 0.544. The van der Waals surface area contributed by atoms with Gasteiger partial charge in [0.15, 0.2) is 12.1 Å². The van der Waals surface area contributed by atoms with Crippen molar-refractivity contribution in [3.8, 4) is 23.3 Å². The number of aromatic nitrogens is 3. The molecular weight excluding hydrogens is 1750 g/mol. The summed E-state index contributed by atoms with van der Waals surface area (Å²) in [6, 6.07) is 28.6. The number of ether oxygens (including phenoxy) is 6. The van der Waals surface area contributed by atoms with Crippen LogP contribution in [-0.4, -0.2) is 234 Å². The number of nitrogens with two attached hydrogens (primary N) is 1. The predicted octanol–water partition coefficient (Wildman–Crippen LogP) is -1.29. The van der Waals surface area contributed by atoms with Gasteiger partial charge in [0, 0.05) is 103 Å². The summed E-state index contributed by atoms with van der Waals surface area (Å²) in [7, 11) is 7.16. The largest absolute Gasteiger partial charge is 1.00 e. The second-order valence-corrected chi connectivity index (χ2v) is 31.0. The number of alkyl halides is 1. The van der Waals surface area contributed by atoms with Crippen LogP contribution < -0.4 is 241 Å². The number of thiol groups is 1. The number of hydrogen-bond donors (Lipinski definition) is 6. The van der Waals surface area contributed by atoms with Crippen molar-refractivity contribution in [3.63, 3.8) is 0 Å². The summed E-state index contributed by atoms with van der Waals surface area (Å²) in [5.41, 5.74) is 7.67. The van der Waals surface area contributed by atoms with E-state index in [1.807, 2.05) is 181 Å². The van der Waals surface area contributed by atoms with E-state index < -0.39 is 59.3 Å². The molecule has 3 amide bonds. The minimum Gasteiger partial charge on any atom is -1.00 e. The van der Waals surface area contributed by atoms with Gasteiger partial charge >= 0.3 is 242 Å². The van der Waals surface area contributed by atoms with Gasteiger partial charge in [-0.15, -0.1) is 35.9 Å². The van der Waals surface area contributed by atoms with Crippen molar-refractivity contribution >= 4 is 156 Å². The molecule has 5 heterocycles. The second-order valence-electron chi connectivity index (χ2n) is 27.8. The molecule has 40 heteroatoms. The smallest absolute Gasteiger partial charge is 1.00 e. The third-order valence-electron chi connectivity index (χ3n) is 15.4. The minimum absolute atomic E-state index is 0. The summed E-state index contributed by atoms with van der Waals surface area (Å²) < 4.78 is 33.5. The van der Waals surface area contributed by atoms with Gasteiger partial charge in [0.1, 0.15) is 61.9 Å². The minimum atomic E-state index is -1.00. The first-order valence-corrected chi connectivity index (χ1v) is 38.7. The van der Waals surface area contributed by atoms with E-state index in [9.17, 15) is 28.8 Å². The van der Waals surface area contributed by atoms with Crippen LogP contribution in [0.5, 0.6) is 17.2 Å². The maximum absolute atomic E-state index is 12.2. The van der Waals surface area contributed by atoms with Crippen LogP contribution in [0, 0.1) is 11.3 Å². The molecule has 3 aromatic heterocycles. The van der Waals surface area contributed by atoms with E-state index in [4.69, 9.17) is 74.7 Å². The number of rotatable bonds is 25. The van der Waals surface area contributed by atoms with Gasteiger partial charge in [0.05, 0.1) is 47.8 Å². The number of thioether (sulfide) groups is 2. The maximum atomic E-state index is 12.2. The molecule has 4 unspecified atom stereocenters. The molecule has 0 spiro atoms. The number of carbonyl (C=O) groups excluding carboxylic acids is 5. The van der Waals surface area contributed by atoms with E-state index in [-0.39, 0.29) is 269 Å². The number of aliphatic carboxylic acids is 3. The summed E-state index contributed by atoms with van der Waals surface area (Å²) in [4.78, 5) is 114. The molecule has 0 radical (unpaired) electrons.